The summed E-state index contributed by atoms with van der Waals surface area (Å²) in [6, 6.07) is 59.8. The van der Waals surface area contributed by atoms with Gasteiger partial charge in [-0.25, -0.2) is 0 Å². The van der Waals surface area contributed by atoms with Gasteiger partial charge in [0.2, 0.25) is 0 Å². The normalized spacial score (nSPS) is 32.4. The number of hydrogen-bond acceptors (Lipinski definition) is 1. The van der Waals surface area contributed by atoms with Gasteiger partial charge in [-0.15, -0.1) is 0 Å². The molecule has 1 nitrogen and oxygen atoms in total. The molecule has 8 bridgehead atoms. The quantitative estimate of drug-likeness (QED) is 0.172. The summed E-state index contributed by atoms with van der Waals surface area (Å²) in [7, 11) is 0. The molecule has 10 aliphatic carbocycles. The fraction of sp³-hybridized carbons (Fsp3) is 0.333. The zero-order valence-corrected chi connectivity index (χ0v) is 35.1. The van der Waals surface area contributed by atoms with Crippen molar-refractivity contribution in [2.24, 2.45) is 47.3 Å². The molecule has 0 saturated heterocycles. The van der Waals surface area contributed by atoms with Crippen LogP contribution in [0.2, 0.25) is 0 Å². The van der Waals surface area contributed by atoms with Crippen LogP contribution < -0.4 is 4.90 Å². The molecule has 7 aromatic rings. The molecule has 2 spiro atoms. The van der Waals surface area contributed by atoms with Crippen molar-refractivity contribution in [2.75, 3.05) is 4.90 Å². The van der Waals surface area contributed by atoms with Gasteiger partial charge in [0.15, 0.2) is 0 Å². The Morgan fingerprint density at radius 3 is 1.54 bits per heavy atom. The summed E-state index contributed by atoms with van der Waals surface area (Å²) in [6.07, 6.45) is 14.2. The van der Waals surface area contributed by atoms with Gasteiger partial charge < -0.3 is 4.90 Å². The lowest BCUT2D eigenvalue weighted by Crippen LogP contribution is -2.55. The molecule has 0 heterocycles. The van der Waals surface area contributed by atoms with Crippen molar-refractivity contribution in [1.82, 2.24) is 0 Å². The van der Waals surface area contributed by atoms with Crippen molar-refractivity contribution in [3.63, 3.8) is 0 Å². The summed E-state index contributed by atoms with van der Waals surface area (Å²) in [6.45, 7) is 0. The van der Waals surface area contributed by atoms with Gasteiger partial charge in [-0.3, -0.25) is 0 Å². The molecule has 0 amide bonds. The fourth-order valence-corrected chi connectivity index (χ4v) is 17.3. The first-order chi connectivity index (χ1) is 30.2. The SMILES string of the molecule is c1ccc2c(c1)-c1ccc(N(c3ccc(-c4cccc5ccccc45)cc3)c3cccc4c3-c3ccccc3C43C4CC5CC(C4)CC3C5)cc1C21C2CC3CC(C2)CC1C3. The minimum absolute atomic E-state index is 0.120. The van der Waals surface area contributed by atoms with Crippen molar-refractivity contribution in [2.45, 2.75) is 75.0 Å². The molecule has 0 radical (unpaired) electrons. The van der Waals surface area contributed by atoms with Crippen molar-refractivity contribution in [1.29, 1.82) is 0 Å². The van der Waals surface area contributed by atoms with Crippen molar-refractivity contribution in [3.05, 3.63) is 174 Å². The summed E-state index contributed by atoms with van der Waals surface area (Å²) >= 11 is 0. The van der Waals surface area contributed by atoms with E-state index in [-0.39, 0.29) is 10.8 Å². The van der Waals surface area contributed by atoms with E-state index in [0.717, 1.165) is 47.3 Å². The first-order valence-corrected chi connectivity index (χ1v) is 24.0. The smallest absolute Gasteiger partial charge is 0.0543 e. The van der Waals surface area contributed by atoms with E-state index in [2.05, 4.69) is 157 Å². The van der Waals surface area contributed by atoms with Gasteiger partial charge in [0.25, 0.3) is 0 Å². The Balaban J connectivity index is 0.959. The number of fused-ring (bicyclic) bond motifs is 7. The van der Waals surface area contributed by atoms with Crippen LogP contribution in [0.4, 0.5) is 17.1 Å². The molecule has 61 heavy (non-hydrogen) atoms. The minimum Gasteiger partial charge on any atom is -0.310 e. The third-order valence-corrected chi connectivity index (χ3v) is 18.8. The van der Waals surface area contributed by atoms with Gasteiger partial charge in [-0.1, -0.05) is 121 Å². The van der Waals surface area contributed by atoms with E-state index in [9.17, 15) is 0 Å². The molecule has 7 aromatic carbocycles. The summed E-state index contributed by atoms with van der Waals surface area (Å²) in [5.74, 6) is 6.66. The van der Waals surface area contributed by atoms with Gasteiger partial charge >= 0.3 is 0 Å². The molecular weight excluding hydrogens is 735 g/mol. The average Bonchev–Trinajstić information content (AvgIpc) is 3.76. The number of anilines is 3. The largest absolute Gasteiger partial charge is 0.310 e. The Labute approximate surface area is 360 Å². The first kappa shape index (κ1) is 34.2. The molecular formula is C60H53N. The van der Waals surface area contributed by atoms with E-state index in [0.29, 0.717) is 0 Å². The van der Waals surface area contributed by atoms with Crippen LogP contribution in [-0.2, 0) is 10.8 Å². The maximum absolute atomic E-state index is 2.72. The van der Waals surface area contributed by atoms with Gasteiger partial charge in [-0.05, 0) is 203 Å². The van der Waals surface area contributed by atoms with Gasteiger partial charge in [0.1, 0.15) is 0 Å². The van der Waals surface area contributed by atoms with Crippen molar-refractivity contribution < 1.29 is 0 Å². The van der Waals surface area contributed by atoms with E-state index in [1.54, 1.807) is 22.3 Å². The predicted octanol–water partition coefficient (Wildman–Crippen LogP) is 15.4. The van der Waals surface area contributed by atoms with Crippen LogP contribution in [-0.4, -0.2) is 0 Å². The van der Waals surface area contributed by atoms with E-state index < -0.39 is 0 Å². The maximum atomic E-state index is 2.72. The van der Waals surface area contributed by atoms with Crippen LogP contribution >= 0.6 is 0 Å². The highest BCUT2D eigenvalue weighted by molar-refractivity contribution is 5.99. The summed E-state index contributed by atoms with van der Waals surface area (Å²) in [4.78, 5) is 2.70. The van der Waals surface area contributed by atoms with Crippen LogP contribution in [0, 0.1) is 47.3 Å². The highest BCUT2D eigenvalue weighted by Gasteiger charge is 2.63. The fourth-order valence-electron chi connectivity index (χ4n) is 17.3. The predicted molar refractivity (Wildman–Crippen MR) is 251 cm³/mol. The number of benzene rings is 7. The standard InChI is InChI=1S/C60H53N/c1-2-11-48-40(9-1)10-7-14-49(48)41-19-21-46(22-20-41)61(47-23-24-51-50-12-3-5-15-53(50)60(56(51)35-47)44-31-38-26-39(33-44)34-45(60)32-38)57-18-8-17-55-58(57)52-13-4-6-16-54(52)59(55)42-27-36-25-37(29-42)30-43(59)28-36/h1-24,35-39,42-45H,25-34H2. The molecule has 8 fully saturated rings. The maximum Gasteiger partial charge on any atom is 0.0543 e. The zero-order chi connectivity index (χ0) is 39.6. The van der Waals surface area contributed by atoms with Crippen molar-refractivity contribution in [3.8, 4) is 33.4 Å². The summed E-state index contributed by atoms with van der Waals surface area (Å²) in [5, 5.41) is 2.60. The topological polar surface area (TPSA) is 3.24 Å². The van der Waals surface area contributed by atoms with Crippen LogP contribution in [0.25, 0.3) is 44.2 Å². The second kappa shape index (κ2) is 12.2. The van der Waals surface area contributed by atoms with E-state index in [1.165, 1.54) is 125 Å². The van der Waals surface area contributed by atoms with Crippen molar-refractivity contribution >= 4 is 27.8 Å². The molecule has 0 aliphatic heterocycles. The third-order valence-electron chi connectivity index (χ3n) is 18.8. The molecule has 0 aromatic heterocycles. The first-order valence-electron chi connectivity index (χ1n) is 24.0. The molecule has 10 aliphatic rings. The van der Waals surface area contributed by atoms with E-state index in [1.807, 2.05) is 0 Å². The van der Waals surface area contributed by atoms with Gasteiger partial charge in [-0.2, -0.15) is 0 Å². The average molecular weight is 788 g/mol. The Bertz CT molecular complexity index is 2900. The van der Waals surface area contributed by atoms with E-state index in [4.69, 9.17) is 0 Å². The highest BCUT2D eigenvalue weighted by Crippen LogP contribution is 2.72. The Morgan fingerprint density at radius 1 is 0.361 bits per heavy atom. The Kier molecular flexibility index (Phi) is 6.82. The number of nitrogens with zero attached hydrogens (tertiary/aromatic N) is 1. The zero-order valence-electron chi connectivity index (χ0n) is 35.1. The van der Waals surface area contributed by atoms with Crippen LogP contribution in [0.15, 0.2) is 152 Å². The van der Waals surface area contributed by atoms with Crippen LogP contribution in [0.5, 0.6) is 0 Å². The lowest BCUT2D eigenvalue weighted by atomic mass is 9.43. The lowest BCUT2D eigenvalue weighted by Gasteiger charge is -2.61. The molecule has 8 saturated carbocycles. The second-order valence-corrected chi connectivity index (χ2v) is 21.3. The molecule has 17 rings (SSSR count). The van der Waals surface area contributed by atoms with Crippen LogP contribution in [0.3, 0.4) is 0 Å². The molecule has 298 valence electrons. The number of hydrogen-bond donors (Lipinski definition) is 0. The molecule has 1 heteroatoms. The van der Waals surface area contributed by atoms with E-state index >= 15 is 0 Å². The van der Waals surface area contributed by atoms with Gasteiger partial charge in [0.05, 0.1) is 5.69 Å². The highest BCUT2D eigenvalue weighted by atomic mass is 15.1. The lowest BCUT2D eigenvalue weighted by molar-refractivity contribution is -0.0399. The molecule has 0 N–H and O–H groups in total. The summed E-state index contributed by atoms with van der Waals surface area (Å²) < 4.78 is 0. The van der Waals surface area contributed by atoms with Crippen LogP contribution in [0.1, 0.15) is 86.5 Å². The minimum atomic E-state index is 0.120. The second-order valence-electron chi connectivity index (χ2n) is 21.3. The number of rotatable bonds is 4. The Hall–Kier alpha value is -5.40. The van der Waals surface area contributed by atoms with Gasteiger partial charge in [0, 0.05) is 27.8 Å². The monoisotopic (exact) mass is 787 g/mol. The molecule has 0 unspecified atom stereocenters. The Morgan fingerprint density at radius 2 is 0.852 bits per heavy atom. The summed E-state index contributed by atoms with van der Waals surface area (Å²) in [5.41, 5.74) is 19.2. The third kappa shape index (κ3) is 4.34. The molecule has 0 atom stereocenters.